The molecule has 1 amide bonds. The van der Waals surface area contributed by atoms with E-state index in [0.717, 1.165) is 11.3 Å². The van der Waals surface area contributed by atoms with Gasteiger partial charge in [-0.2, -0.15) is 4.31 Å². The highest BCUT2D eigenvalue weighted by Gasteiger charge is 2.26. The van der Waals surface area contributed by atoms with Crippen molar-refractivity contribution in [2.45, 2.75) is 24.8 Å². The normalized spacial score (nSPS) is 16.4. The second-order valence-corrected chi connectivity index (χ2v) is 8.70. The van der Waals surface area contributed by atoms with Crippen LogP contribution in [0.25, 0.3) is 0 Å². The maximum absolute atomic E-state index is 12.6. The van der Waals surface area contributed by atoms with Gasteiger partial charge in [0.25, 0.3) is 0 Å². The van der Waals surface area contributed by atoms with Gasteiger partial charge in [0.05, 0.1) is 18.1 Å². The number of sulfonamides is 1. The third-order valence-corrected chi connectivity index (χ3v) is 6.44. The summed E-state index contributed by atoms with van der Waals surface area (Å²) in [6.45, 7) is 5.27. The Morgan fingerprint density at radius 1 is 1.07 bits per heavy atom. The van der Waals surface area contributed by atoms with E-state index in [0.29, 0.717) is 32.0 Å². The number of anilines is 2. The molecule has 3 rings (SSSR count). The average molecular weight is 404 g/mol. The molecule has 1 heterocycles. The Hall–Kier alpha value is -2.42. The molecular formula is C20H25N3O4S. The summed E-state index contributed by atoms with van der Waals surface area (Å²) in [6, 6.07) is 13.6. The average Bonchev–Trinajstić information content (AvgIpc) is 2.69. The van der Waals surface area contributed by atoms with Crippen LogP contribution in [0.15, 0.2) is 53.4 Å². The number of hydrogen-bond acceptors (Lipinski definition) is 5. The van der Waals surface area contributed by atoms with Crippen molar-refractivity contribution in [1.82, 2.24) is 4.31 Å². The van der Waals surface area contributed by atoms with E-state index >= 15 is 0 Å². The second-order valence-electron chi connectivity index (χ2n) is 6.77. The predicted octanol–water partition coefficient (Wildman–Crippen LogP) is 2.46. The number of hydrogen-bond donors (Lipinski definition) is 2. The topological polar surface area (TPSA) is 87.7 Å². The number of rotatable bonds is 6. The number of morpholine rings is 1. The van der Waals surface area contributed by atoms with Gasteiger partial charge < -0.3 is 15.4 Å². The molecule has 2 aromatic rings. The molecule has 1 saturated heterocycles. The zero-order valence-corrected chi connectivity index (χ0v) is 16.8. The van der Waals surface area contributed by atoms with Crippen LogP contribution in [0.1, 0.15) is 12.5 Å². The molecule has 1 aliphatic heterocycles. The van der Waals surface area contributed by atoms with Gasteiger partial charge in [-0.15, -0.1) is 0 Å². The van der Waals surface area contributed by atoms with E-state index in [4.69, 9.17) is 4.74 Å². The van der Waals surface area contributed by atoms with E-state index in [9.17, 15) is 13.2 Å². The molecule has 7 nitrogen and oxygen atoms in total. The van der Waals surface area contributed by atoms with Crippen LogP contribution in [0.3, 0.4) is 0 Å². The van der Waals surface area contributed by atoms with E-state index in [1.54, 1.807) is 19.1 Å². The number of carbonyl (C=O) groups is 1. The molecule has 0 aliphatic carbocycles. The Morgan fingerprint density at radius 3 is 2.39 bits per heavy atom. The van der Waals surface area contributed by atoms with Crippen LogP contribution >= 0.6 is 0 Å². The monoisotopic (exact) mass is 403 g/mol. The fourth-order valence-electron chi connectivity index (χ4n) is 2.95. The Labute approximate surface area is 165 Å². The van der Waals surface area contributed by atoms with Crippen molar-refractivity contribution < 1.29 is 17.9 Å². The molecule has 28 heavy (non-hydrogen) atoms. The standard InChI is InChI=1S/C20H25N3O4S/c1-15-4-3-5-18(14-15)21-16(2)20(24)22-17-6-8-19(9-7-17)28(25,26)23-10-12-27-13-11-23/h3-9,14,16,21H,10-13H2,1-2H3,(H,22,24)/t16-/m0/s1. The van der Waals surface area contributed by atoms with Crippen LogP contribution in [-0.4, -0.2) is 51.0 Å². The number of amides is 1. The summed E-state index contributed by atoms with van der Waals surface area (Å²) in [5, 5.41) is 5.96. The molecule has 0 aromatic heterocycles. The minimum Gasteiger partial charge on any atom is -0.379 e. The summed E-state index contributed by atoms with van der Waals surface area (Å²) in [5.74, 6) is -0.203. The van der Waals surface area contributed by atoms with Gasteiger partial charge in [-0.1, -0.05) is 12.1 Å². The van der Waals surface area contributed by atoms with Gasteiger partial charge in [-0.3, -0.25) is 4.79 Å². The van der Waals surface area contributed by atoms with Crippen LogP contribution in [-0.2, 0) is 19.6 Å². The number of ether oxygens (including phenoxy) is 1. The van der Waals surface area contributed by atoms with E-state index in [1.807, 2.05) is 31.2 Å². The molecule has 2 N–H and O–H groups in total. The predicted molar refractivity (Wildman–Crippen MR) is 109 cm³/mol. The van der Waals surface area contributed by atoms with Crippen molar-refractivity contribution in [2.75, 3.05) is 36.9 Å². The molecule has 0 saturated carbocycles. The second kappa shape index (κ2) is 8.72. The maximum Gasteiger partial charge on any atom is 0.246 e. The zero-order valence-electron chi connectivity index (χ0n) is 16.0. The van der Waals surface area contributed by atoms with Crippen LogP contribution in [0.4, 0.5) is 11.4 Å². The Morgan fingerprint density at radius 2 is 1.75 bits per heavy atom. The summed E-state index contributed by atoms with van der Waals surface area (Å²) in [4.78, 5) is 12.6. The van der Waals surface area contributed by atoms with Gasteiger partial charge >= 0.3 is 0 Å². The van der Waals surface area contributed by atoms with Crippen molar-refractivity contribution in [3.8, 4) is 0 Å². The number of benzene rings is 2. The maximum atomic E-state index is 12.6. The van der Waals surface area contributed by atoms with Crippen LogP contribution in [0.2, 0.25) is 0 Å². The Balaban J connectivity index is 1.62. The largest absolute Gasteiger partial charge is 0.379 e. The van der Waals surface area contributed by atoms with E-state index in [2.05, 4.69) is 10.6 Å². The summed E-state index contributed by atoms with van der Waals surface area (Å²) < 4.78 is 31.9. The molecule has 1 fully saturated rings. The number of carbonyl (C=O) groups excluding carboxylic acids is 1. The Kier molecular flexibility index (Phi) is 6.33. The SMILES string of the molecule is Cc1cccc(N[C@@H](C)C(=O)Nc2ccc(S(=O)(=O)N3CCOCC3)cc2)c1. The summed E-state index contributed by atoms with van der Waals surface area (Å²) in [6.07, 6.45) is 0. The summed E-state index contributed by atoms with van der Waals surface area (Å²) in [5.41, 5.74) is 2.52. The van der Waals surface area contributed by atoms with Crippen molar-refractivity contribution in [2.24, 2.45) is 0 Å². The van der Waals surface area contributed by atoms with Crippen LogP contribution in [0.5, 0.6) is 0 Å². The Bertz CT molecular complexity index is 923. The third-order valence-electron chi connectivity index (χ3n) is 4.52. The van der Waals surface area contributed by atoms with Gasteiger partial charge in [0, 0.05) is 24.5 Å². The molecule has 0 radical (unpaired) electrons. The first-order valence-electron chi connectivity index (χ1n) is 9.18. The number of nitrogens with one attached hydrogen (secondary N) is 2. The number of nitrogens with zero attached hydrogens (tertiary/aromatic N) is 1. The van der Waals surface area contributed by atoms with Crippen molar-refractivity contribution in [3.63, 3.8) is 0 Å². The lowest BCUT2D eigenvalue weighted by Crippen LogP contribution is -2.40. The molecule has 0 bridgehead atoms. The van der Waals surface area contributed by atoms with Gasteiger partial charge in [-0.05, 0) is 55.8 Å². The van der Waals surface area contributed by atoms with Crippen molar-refractivity contribution in [3.05, 3.63) is 54.1 Å². The molecule has 2 aromatic carbocycles. The van der Waals surface area contributed by atoms with E-state index in [-0.39, 0.29) is 10.8 Å². The molecule has 150 valence electrons. The van der Waals surface area contributed by atoms with Gasteiger partial charge in [0.15, 0.2) is 0 Å². The van der Waals surface area contributed by atoms with Crippen molar-refractivity contribution >= 4 is 27.3 Å². The summed E-state index contributed by atoms with van der Waals surface area (Å²) >= 11 is 0. The third kappa shape index (κ3) is 4.89. The molecule has 1 aliphatic rings. The van der Waals surface area contributed by atoms with Crippen LogP contribution in [0, 0.1) is 6.92 Å². The number of aryl methyl sites for hydroxylation is 1. The van der Waals surface area contributed by atoms with E-state index < -0.39 is 16.1 Å². The lowest BCUT2D eigenvalue weighted by atomic mass is 10.2. The first kappa shape index (κ1) is 20.3. The van der Waals surface area contributed by atoms with Crippen LogP contribution < -0.4 is 10.6 Å². The highest BCUT2D eigenvalue weighted by atomic mass is 32.2. The first-order valence-corrected chi connectivity index (χ1v) is 10.6. The zero-order chi connectivity index (χ0) is 20.1. The van der Waals surface area contributed by atoms with Crippen molar-refractivity contribution in [1.29, 1.82) is 0 Å². The fourth-order valence-corrected chi connectivity index (χ4v) is 4.36. The van der Waals surface area contributed by atoms with Gasteiger partial charge in [0.1, 0.15) is 6.04 Å². The highest BCUT2D eigenvalue weighted by Crippen LogP contribution is 2.20. The molecule has 0 unspecified atom stereocenters. The molecule has 0 spiro atoms. The summed E-state index contributed by atoms with van der Waals surface area (Å²) in [7, 11) is -3.54. The molecule has 1 atom stereocenters. The molecule has 8 heteroatoms. The molecular weight excluding hydrogens is 378 g/mol. The van der Waals surface area contributed by atoms with Gasteiger partial charge in [0.2, 0.25) is 15.9 Å². The first-order chi connectivity index (χ1) is 13.4. The minimum absolute atomic E-state index is 0.203. The highest BCUT2D eigenvalue weighted by molar-refractivity contribution is 7.89. The van der Waals surface area contributed by atoms with Gasteiger partial charge in [-0.25, -0.2) is 8.42 Å². The smallest absolute Gasteiger partial charge is 0.246 e. The minimum atomic E-state index is -3.54. The quantitative estimate of drug-likeness (QED) is 0.774. The fraction of sp³-hybridized carbons (Fsp3) is 0.350. The van der Waals surface area contributed by atoms with E-state index in [1.165, 1.54) is 16.4 Å². The lowest BCUT2D eigenvalue weighted by molar-refractivity contribution is -0.116. The lowest BCUT2D eigenvalue weighted by Gasteiger charge is -2.26.